The van der Waals surface area contributed by atoms with Gasteiger partial charge in [0.05, 0.1) is 11.9 Å². The highest BCUT2D eigenvalue weighted by Crippen LogP contribution is 2.24. The third-order valence-electron chi connectivity index (χ3n) is 3.26. The highest BCUT2D eigenvalue weighted by molar-refractivity contribution is 7.98. The van der Waals surface area contributed by atoms with Gasteiger partial charge in [-0.05, 0) is 24.8 Å². The van der Waals surface area contributed by atoms with Gasteiger partial charge >= 0.3 is 0 Å². The maximum absolute atomic E-state index is 9.10. The molecule has 0 aliphatic carbocycles. The molecule has 0 aliphatic heterocycles. The third-order valence-corrected chi connectivity index (χ3v) is 4.23. The van der Waals surface area contributed by atoms with Gasteiger partial charge in [-0.3, -0.25) is 5.10 Å². The molecule has 2 rings (SSSR count). The van der Waals surface area contributed by atoms with E-state index >= 15 is 0 Å². The predicted octanol–water partition coefficient (Wildman–Crippen LogP) is 2.93. The normalized spacial score (nSPS) is 12.5. The zero-order chi connectivity index (χ0) is 15.1. The van der Waals surface area contributed by atoms with E-state index in [0.717, 1.165) is 29.0 Å². The molecular weight excluding hydrogens is 306 g/mol. The van der Waals surface area contributed by atoms with Gasteiger partial charge in [0.15, 0.2) is 0 Å². The molecule has 2 aromatic rings. The number of nitrogens with one attached hydrogen (secondary N) is 2. The van der Waals surface area contributed by atoms with Crippen LogP contribution in [0.4, 0.5) is 0 Å². The minimum absolute atomic E-state index is 0.199. The van der Waals surface area contributed by atoms with Crippen molar-refractivity contribution in [3.63, 3.8) is 0 Å². The number of rotatable bonds is 8. The molecule has 3 N–H and O–H groups in total. The molecule has 0 saturated carbocycles. The number of thioether (sulfide) groups is 1. The van der Waals surface area contributed by atoms with Crippen molar-refractivity contribution in [1.29, 1.82) is 0 Å². The molecular formula is C15H20ClN3OS. The lowest BCUT2D eigenvalue weighted by atomic mass is 10.1. The number of aromatic amines is 1. The van der Waals surface area contributed by atoms with Crippen LogP contribution in [0.1, 0.15) is 12.0 Å². The summed E-state index contributed by atoms with van der Waals surface area (Å²) in [6.45, 7) is 0.911. The molecule has 1 aromatic carbocycles. The summed E-state index contributed by atoms with van der Waals surface area (Å²) in [5.74, 6) is 0.977. The second-order valence-corrected chi connectivity index (χ2v) is 6.17. The summed E-state index contributed by atoms with van der Waals surface area (Å²) in [6, 6.07) is 8.02. The summed E-state index contributed by atoms with van der Waals surface area (Å²) in [6.07, 6.45) is 4.66. The Hall–Kier alpha value is -1.01. The second-order valence-electron chi connectivity index (χ2n) is 4.83. The highest BCUT2D eigenvalue weighted by Gasteiger charge is 2.11. The van der Waals surface area contributed by atoms with Gasteiger partial charge in [-0.2, -0.15) is 16.9 Å². The van der Waals surface area contributed by atoms with E-state index in [2.05, 4.69) is 21.8 Å². The Kier molecular flexibility index (Phi) is 6.57. The van der Waals surface area contributed by atoms with E-state index in [-0.39, 0.29) is 6.61 Å². The number of H-pyrrole nitrogens is 1. The van der Waals surface area contributed by atoms with Gasteiger partial charge in [-0.15, -0.1) is 0 Å². The van der Waals surface area contributed by atoms with Crippen molar-refractivity contribution in [2.75, 3.05) is 18.6 Å². The van der Waals surface area contributed by atoms with Crippen LogP contribution in [0.2, 0.25) is 5.02 Å². The summed E-state index contributed by atoms with van der Waals surface area (Å²) < 4.78 is 0. The first-order chi connectivity index (χ1) is 10.2. The van der Waals surface area contributed by atoms with Gasteiger partial charge in [0.2, 0.25) is 0 Å². The number of halogens is 1. The van der Waals surface area contributed by atoms with Crippen molar-refractivity contribution in [2.24, 2.45) is 0 Å². The molecule has 1 aromatic heterocycles. The molecule has 1 unspecified atom stereocenters. The van der Waals surface area contributed by atoms with Crippen molar-refractivity contribution >= 4 is 23.4 Å². The lowest BCUT2D eigenvalue weighted by molar-refractivity contribution is 0.270. The smallest absolute Gasteiger partial charge is 0.0695 e. The number of hydrogen-bond donors (Lipinski definition) is 3. The molecule has 0 spiro atoms. The molecule has 1 atom stereocenters. The quantitative estimate of drug-likeness (QED) is 0.698. The van der Waals surface area contributed by atoms with E-state index in [9.17, 15) is 0 Å². The van der Waals surface area contributed by atoms with Crippen molar-refractivity contribution in [2.45, 2.75) is 19.0 Å². The predicted molar refractivity (Wildman–Crippen MR) is 89.7 cm³/mol. The molecule has 0 bridgehead atoms. The molecule has 0 saturated heterocycles. The van der Waals surface area contributed by atoms with Crippen LogP contribution in [-0.4, -0.2) is 40.0 Å². The summed E-state index contributed by atoms with van der Waals surface area (Å²) in [5.41, 5.74) is 3.11. The van der Waals surface area contributed by atoms with Gasteiger partial charge < -0.3 is 10.4 Å². The molecule has 0 fully saturated rings. The van der Waals surface area contributed by atoms with E-state index in [4.69, 9.17) is 16.7 Å². The number of aliphatic hydroxyl groups excluding tert-OH is 1. The zero-order valence-electron chi connectivity index (χ0n) is 12.0. The Morgan fingerprint density at radius 2 is 2.33 bits per heavy atom. The fourth-order valence-electron chi connectivity index (χ4n) is 2.19. The second kappa shape index (κ2) is 8.44. The van der Waals surface area contributed by atoms with Gasteiger partial charge in [-0.1, -0.05) is 23.7 Å². The van der Waals surface area contributed by atoms with Crippen LogP contribution in [0, 0.1) is 0 Å². The number of aliphatic hydroxyl groups is 1. The molecule has 4 nitrogen and oxygen atoms in total. The van der Waals surface area contributed by atoms with Gasteiger partial charge in [0.1, 0.15) is 0 Å². The van der Waals surface area contributed by atoms with Gasteiger partial charge in [-0.25, -0.2) is 0 Å². The Morgan fingerprint density at radius 3 is 3.05 bits per heavy atom. The van der Waals surface area contributed by atoms with E-state index in [1.807, 2.05) is 30.5 Å². The topological polar surface area (TPSA) is 60.9 Å². The minimum Gasteiger partial charge on any atom is -0.396 e. The first-order valence-electron chi connectivity index (χ1n) is 6.86. The molecule has 114 valence electrons. The number of nitrogens with zero attached hydrogens (tertiary/aromatic N) is 1. The highest BCUT2D eigenvalue weighted by atomic mass is 35.5. The monoisotopic (exact) mass is 325 g/mol. The lowest BCUT2D eigenvalue weighted by Crippen LogP contribution is -2.31. The Balaban J connectivity index is 2.06. The molecule has 0 radical (unpaired) electrons. The Morgan fingerprint density at radius 1 is 1.48 bits per heavy atom. The summed E-state index contributed by atoms with van der Waals surface area (Å²) >= 11 is 7.82. The van der Waals surface area contributed by atoms with Crippen LogP contribution >= 0.6 is 23.4 Å². The van der Waals surface area contributed by atoms with Crippen LogP contribution in [0.3, 0.4) is 0 Å². The van der Waals surface area contributed by atoms with Crippen LogP contribution in [-0.2, 0) is 6.54 Å². The Bertz CT molecular complexity index is 555. The largest absolute Gasteiger partial charge is 0.396 e. The molecule has 1 heterocycles. The molecule has 21 heavy (non-hydrogen) atoms. The average Bonchev–Trinajstić information content (AvgIpc) is 2.94. The van der Waals surface area contributed by atoms with Gasteiger partial charge in [0, 0.05) is 41.1 Å². The standard InChI is InChI=1S/C15H20ClN3OS/c1-21-10-14(5-6-20)17-8-12-9-18-19-15(12)11-3-2-4-13(16)7-11/h2-4,7,9,14,17,20H,5-6,8,10H2,1H3,(H,18,19). The summed E-state index contributed by atoms with van der Waals surface area (Å²) in [4.78, 5) is 0. The Labute approximate surface area is 134 Å². The van der Waals surface area contributed by atoms with E-state index in [1.54, 1.807) is 11.8 Å². The minimum atomic E-state index is 0.199. The average molecular weight is 326 g/mol. The molecule has 0 amide bonds. The lowest BCUT2D eigenvalue weighted by Gasteiger charge is -2.16. The van der Waals surface area contributed by atoms with E-state index in [0.29, 0.717) is 17.6 Å². The van der Waals surface area contributed by atoms with E-state index in [1.165, 1.54) is 0 Å². The van der Waals surface area contributed by atoms with Crippen LogP contribution in [0.25, 0.3) is 11.3 Å². The summed E-state index contributed by atoms with van der Waals surface area (Å²) in [5, 5.41) is 20.5. The van der Waals surface area contributed by atoms with Crippen LogP contribution in [0.15, 0.2) is 30.5 Å². The zero-order valence-corrected chi connectivity index (χ0v) is 13.5. The first kappa shape index (κ1) is 16.4. The maximum atomic E-state index is 9.10. The fraction of sp³-hybridized carbons (Fsp3) is 0.400. The fourth-order valence-corrected chi connectivity index (χ4v) is 3.07. The summed E-state index contributed by atoms with van der Waals surface area (Å²) in [7, 11) is 0. The molecule has 6 heteroatoms. The van der Waals surface area contributed by atoms with Crippen LogP contribution in [0.5, 0.6) is 0 Å². The van der Waals surface area contributed by atoms with Crippen molar-refractivity contribution in [3.8, 4) is 11.3 Å². The third kappa shape index (κ3) is 4.74. The van der Waals surface area contributed by atoms with Crippen molar-refractivity contribution in [1.82, 2.24) is 15.5 Å². The number of aromatic nitrogens is 2. The SMILES string of the molecule is CSCC(CCO)NCc1cn[nH]c1-c1cccc(Cl)c1. The molecule has 0 aliphatic rings. The van der Waals surface area contributed by atoms with Crippen molar-refractivity contribution < 1.29 is 5.11 Å². The maximum Gasteiger partial charge on any atom is 0.0695 e. The van der Waals surface area contributed by atoms with Crippen molar-refractivity contribution in [3.05, 3.63) is 41.0 Å². The first-order valence-corrected chi connectivity index (χ1v) is 8.63. The van der Waals surface area contributed by atoms with E-state index < -0.39 is 0 Å². The number of benzene rings is 1. The number of hydrogen-bond acceptors (Lipinski definition) is 4. The van der Waals surface area contributed by atoms with Crippen LogP contribution < -0.4 is 5.32 Å². The van der Waals surface area contributed by atoms with Gasteiger partial charge in [0.25, 0.3) is 0 Å².